The second-order valence-corrected chi connectivity index (χ2v) is 5.16. The third-order valence-corrected chi connectivity index (χ3v) is 3.22. The van der Waals surface area contributed by atoms with Crippen LogP contribution in [0, 0.1) is 24.6 Å². The fraction of sp³-hybridized carbons (Fsp3) is 0.143. The van der Waals surface area contributed by atoms with Crippen LogP contribution in [-0.4, -0.2) is 17.4 Å². The van der Waals surface area contributed by atoms with Crippen LogP contribution in [0.4, 0.5) is 9.52 Å². The van der Waals surface area contributed by atoms with Crippen LogP contribution in [-0.2, 0) is 0 Å². The first kappa shape index (κ1) is 14.2. The van der Waals surface area contributed by atoms with Crippen LogP contribution >= 0.6 is 11.3 Å². The Kier molecular flexibility index (Phi) is 4.45. The van der Waals surface area contributed by atoms with Gasteiger partial charge in [0.2, 0.25) is 0 Å². The number of rotatable bonds is 2. The predicted octanol–water partition coefficient (Wildman–Crippen LogP) is 2.15. The van der Waals surface area contributed by atoms with Gasteiger partial charge in [0.05, 0.1) is 12.1 Å². The Morgan fingerprint density at radius 3 is 3.00 bits per heavy atom. The highest BCUT2D eigenvalue weighted by atomic mass is 32.1. The third kappa shape index (κ3) is 3.41. The van der Waals surface area contributed by atoms with Crippen molar-refractivity contribution in [2.24, 2.45) is 5.73 Å². The van der Waals surface area contributed by atoms with Gasteiger partial charge < -0.3 is 5.73 Å². The molecule has 1 aromatic carbocycles. The van der Waals surface area contributed by atoms with Gasteiger partial charge in [0, 0.05) is 16.6 Å². The molecule has 4 nitrogen and oxygen atoms in total. The molecule has 0 aliphatic carbocycles. The summed E-state index contributed by atoms with van der Waals surface area (Å²) < 4.78 is 13.3. The van der Waals surface area contributed by atoms with Crippen LogP contribution in [0.15, 0.2) is 24.4 Å². The predicted molar refractivity (Wildman–Crippen MR) is 77.1 cm³/mol. The summed E-state index contributed by atoms with van der Waals surface area (Å²) in [5.74, 6) is 4.46. The minimum atomic E-state index is -0.497. The molecule has 0 saturated carbocycles. The number of hydrogen-bond acceptors (Lipinski definition) is 4. The lowest BCUT2D eigenvalue weighted by Crippen LogP contribution is -2.13. The number of hydrogen-bond donors (Lipinski definition) is 2. The van der Waals surface area contributed by atoms with Gasteiger partial charge in [-0.25, -0.2) is 9.37 Å². The smallest absolute Gasteiger partial charge is 0.258 e. The molecule has 1 aromatic heterocycles. The summed E-state index contributed by atoms with van der Waals surface area (Å²) in [5, 5.41) is 3.09. The van der Waals surface area contributed by atoms with Gasteiger partial charge in [-0.1, -0.05) is 11.8 Å². The molecule has 0 bridgehead atoms. The maximum Gasteiger partial charge on any atom is 0.258 e. The quantitative estimate of drug-likeness (QED) is 0.832. The summed E-state index contributed by atoms with van der Waals surface area (Å²) in [6.45, 7) is 2.05. The number of aryl methyl sites for hydroxylation is 1. The van der Waals surface area contributed by atoms with Crippen molar-refractivity contribution in [1.82, 2.24) is 4.98 Å². The second kappa shape index (κ2) is 6.28. The van der Waals surface area contributed by atoms with Gasteiger partial charge in [0.1, 0.15) is 5.82 Å². The van der Waals surface area contributed by atoms with E-state index in [-0.39, 0.29) is 12.1 Å². The van der Waals surface area contributed by atoms with Crippen LogP contribution in [0.2, 0.25) is 0 Å². The molecule has 0 radical (unpaired) electrons. The molecule has 0 unspecified atom stereocenters. The van der Waals surface area contributed by atoms with E-state index in [4.69, 9.17) is 5.73 Å². The van der Waals surface area contributed by atoms with Gasteiger partial charge >= 0.3 is 0 Å². The van der Waals surface area contributed by atoms with Gasteiger partial charge in [-0.3, -0.25) is 10.1 Å². The summed E-state index contributed by atoms with van der Waals surface area (Å²) in [4.78, 5) is 17.2. The minimum absolute atomic E-state index is 0.166. The number of aromatic nitrogens is 1. The molecule has 0 saturated heterocycles. The summed E-state index contributed by atoms with van der Waals surface area (Å²) in [6, 6.07) is 3.86. The highest BCUT2D eigenvalue weighted by molar-refractivity contribution is 7.15. The molecule has 3 N–H and O–H groups in total. The van der Waals surface area contributed by atoms with E-state index < -0.39 is 11.7 Å². The number of nitrogens with two attached hydrogens (primary N) is 1. The lowest BCUT2D eigenvalue weighted by Gasteiger charge is -2.04. The van der Waals surface area contributed by atoms with Crippen LogP contribution in [0.3, 0.4) is 0 Å². The molecule has 0 spiro atoms. The number of carbonyl (C=O) groups is 1. The fourth-order valence-corrected chi connectivity index (χ4v) is 2.20. The number of nitrogens with one attached hydrogen (secondary N) is 1. The van der Waals surface area contributed by atoms with Crippen LogP contribution in [0.1, 0.15) is 20.8 Å². The molecule has 20 heavy (non-hydrogen) atoms. The average molecular weight is 289 g/mol. The zero-order valence-corrected chi connectivity index (χ0v) is 11.6. The molecule has 0 aliphatic heterocycles. The van der Waals surface area contributed by atoms with Crippen molar-refractivity contribution < 1.29 is 9.18 Å². The monoisotopic (exact) mass is 289 g/mol. The number of anilines is 1. The van der Waals surface area contributed by atoms with E-state index in [0.717, 1.165) is 10.9 Å². The molecule has 0 fully saturated rings. The van der Waals surface area contributed by atoms with Gasteiger partial charge in [-0.05, 0) is 25.1 Å². The maximum atomic E-state index is 13.3. The molecule has 2 rings (SSSR count). The first-order valence-electron chi connectivity index (χ1n) is 5.82. The van der Waals surface area contributed by atoms with Gasteiger partial charge in [0.25, 0.3) is 5.91 Å². The van der Waals surface area contributed by atoms with Crippen molar-refractivity contribution in [3.63, 3.8) is 0 Å². The molecule has 2 aromatic rings. The van der Waals surface area contributed by atoms with Gasteiger partial charge in [-0.15, -0.1) is 11.3 Å². The lowest BCUT2D eigenvalue weighted by molar-refractivity contribution is 0.102. The summed E-state index contributed by atoms with van der Waals surface area (Å²) >= 11 is 1.35. The van der Waals surface area contributed by atoms with E-state index >= 15 is 0 Å². The zero-order chi connectivity index (χ0) is 14.5. The third-order valence-electron chi connectivity index (χ3n) is 2.39. The molecule has 102 valence electrons. The number of benzene rings is 1. The molecular weight excluding hydrogens is 277 g/mol. The van der Waals surface area contributed by atoms with E-state index in [1.165, 1.54) is 23.5 Å². The number of carbonyl (C=O) groups excluding carboxylic acids is 1. The molecule has 1 heterocycles. The number of halogens is 1. The Balaban J connectivity index is 2.30. The van der Waals surface area contributed by atoms with Crippen molar-refractivity contribution in [3.8, 4) is 11.8 Å². The number of thiazole rings is 1. The Bertz CT molecular complexity index is 700. The van der Waals surface area contributed by atoms with E-state index in [2.05, 4.69) is 22.1 Å². The maximum absolute atomic E-state index is 13.3. The van der Waals surface area contributed by atoms with E-state index in [1.807, 2.05) is 6.92 Å². The topological polar surface area (TPSA) is 68.0 Å². The van der Waals surface area contributed by atoms with Crippen LogP contribution in [0.25, 0.3) is 0 Å². The SMILES string of the molecule is Cc1cnc(NC(=O)c2cc(F)ccc2C#CCN)s1. The fourth-order valence-electron chi connectivity index (χ4n) is 1.54. The highest BCUT2D eigenvalue weighted by Crippen LogP contribution is 2.19. The Labute approximate surface area is 119 Å². The first-order valence-corrected chi connectivity index (χ1v) is 6.64. The van der Waals surface area contributed by atoms with E-state index in [1.54, 1.807) is 6.20 Å². The summed E-state index contributed by atoms with van der Waals surface area (Å²) in [5.41, 5.74) is 5.90. The minimum Gasteiger partial charge on any atom is -0.320 e. The van der Waals surface area contributed by atoms with Crippen molar-refractivity contribution in [2.75, 3.05) is 11.9 Å². The van der Waals surface area contributed by atoms with Gasteiger partial charge in [0.15, 0.2) is 5.13 Å². The second-order valence-electron chi connectivity index (χ2n) is 3.93. The number of amides is 1. The lowest BCUT2D eigenvalue weighted by atomic mass is 10.1. The summed E-state index contributed by atoms with van der Waals surface area (Å²) in [7, 11) is 0. The Morgan fingerprint density at radius 2 is 2.35 bits per heavy atom. The Hall–Kier alpha value is -2.23. The Morgan fingerprint density at radius 1 is 1.55 bits per heavy atom. The van der Waals surface area contributed by atoms with Crippen molar-refractivity contribution in [3.05, 3.63) is 46.2 Å². The normalized spacial score (nSPS) is 9.75. The zero-order valence-electron chi connectivity index (χ0n) is 10.7. The highest BCUT2D eigenvalue weighted by Gasteiger charge is 2.13. The molecule has 6 heteroatoms. The molecular formula is C14H12FN3OS. The van der Waals surface area contributed by atoms with Crippen LogP contribution in [0.5, 0.6) is 0 Å². The molecule has 0 aliphatic rings. The van der Waals surface area contributed by atoms with Crippen molar-refractivity contribution in [1.29, 1.82) is 0 Å². The average Bonchev–Trinajstić information content (AvgIpc) is 2.82. The molecule has 1 amide bonds. The van der Waals surface area contributed by atoms with Crippen molar-refractivity contribution in [2.45, 2.75) is 6.92 Å². The number of nitrogens with zero attached hydrogens (tertiary/aromatic N) is 1. The summed E-state index contributed by atoms with van der Waals surface area (Å²) in [6.07, 6.45) is 1.65. The molecule has 0 atom stereocenters. The standard InChI is InChI=1S/C14H12FN3OS/c1-9-8-17-14(20-9)18-13(19)12-7-11(15)5-4-10(12)3-2-6-16/h4-5,7-8H,6,16H2,1H3,(H,17,18,19). The largest absolute Gasteiger partial charge is 0.320 e. The van der Waals surface area contributed by atoms with E-state index in [9.17, 15) is 9.18 Å². The van der Waals surface area contributed by atoms with Crippen LogP contribution < -0.4 is 11.1 Å². The van der Waals surface area contributed by atoms with Gasteiger partial charge in [-0.2, -0.15) is 0 Å². The van der Waals surface area contributed by atoms with Crippen molar-refractivity contribution >= 4 is 22.4 Å². The van der Waals surface area contributed by atoms with E-state index in [0.29, 0.717) is 10.7 Å². The first-order chi connectivity index (χ1) is 9.60.